The van der Waals surface area contributed by atoms with Gasteiger partial charge in [0.25, 0.3) is 0 Å². The van der Waals surface area contributed by atoms with Crippen molar-refractivity contribution < 1.29 is 71.4 Å². The Morgan fingerprint density at radius 1 is 0.577 bits per heavy atom. The van der Waals surface area contributed by atoms with E-state index in [9.17, 15) is 0 Å². The van der Waals surface area contributed by atoms with E-state index in [0.29, 0.717) is 10.1 Å². The van der Waals surface area contributed by atoms with Gasteiger partial charge in [0, 0.05) is 0 Å². The molecule has 0 saturated carbocycles. The molecule has 2 aliphatic rings. The minimum absolute atomic E-state index is 0. The molecule has 0 fully saturated rings. The van der Waals surface area contributed by atoms with Crippen molar-refractivity contribution >= 4 is 6.08 Å². The van der Waals surface area contributed by atoms with Crippen LogP contribution in [0, 0.1) is 0 Å². The van der Waals surface area contributed by atoms with Crippen molar-refractivity contribution in [3.63, 3.8) is 0 Å². The summed E-state index contributed by atoms with van der Waals surface area (Å²) in [5.74, 6) is 0.393. The summed E-state index contributed by atoms with van der Waals surface area (Å²) in [6.07, 6.45) is 2.42. The summed E-state index contributed by atoms with van der Waals surface area (Å²) in [7, 11) is 0. The number of fused-ring (bicyclic) bond motifs is 4. The zero-order chi connectivity index (χ0) is 15.4. The number of hydrogen-bond donors (Lipinski definition) is 0. The maximum absolute atomic E-state index is 2.42. The van der Waals surface area contributed by atoms with Crippen molar-refractivity contribution in [2.45, 2.75) is 10.1 Å². The average molecular weight is 567 g/mol. The Balaban J connectivity index is 0.000000810. The van der Waals surface area contributed by atoms with E-state index in [4.69, 9.17) is 0 Å². The van der Waals surface area contributed by atoms with E-state index in [0.717, 1.165) is 0 Å². The molecule has 4 heteroatoms. The molecule has 0 heterocycles. The first kappa shape index (κ1) is 21.8. The summed E-state index contributed by atoms with van der Waals surface area (Å²) in [4.78, 5) is 0. The van der Waals surface area contributed by atoms with Crippen LogP contribution >= 0.6 is 0 Å². The number of halogens is 3. The summed E-state index contributed by atoms with van der Waals surface area (Å²) in [6, 6.07) is 26.6. The van der Waals surface area contributed by atoms with Crippen LogP contribution in [0.15, 0.2) is 78.4 Å². The van der Waals surface area contributed by atoms with E-state index in [1.54, 1.807) is 0 Å². The molecule has 0 spiro atoms. The Morgan fingerprint density at radius 3 is 1.58 bits per heavy atom. The molecule has 5 rings (SSSR count). The van der Waals surface area contributed by atoms with E-state index in [1.807, 2.05) is 0 Å². The number of allylic oxidation sites excluding steroid dienone is 1. The van der Waals surface area contributed by atoms with Gasteiger partial charge in [-0.25, -0.2) is 0 Å². The van der Waals surface area contributed by atoms with Crippen LogP contribution in [0.5, 0.6) is 0 Å². The van der Waals surface area contributed by atoms with Crippen molar-refractivity contribution in [3.8, 4) is 11.1 Å². The number of benzene rings is 3. The molecule has 0 N–H and O–H groups in total. The SMILES string of the molecule is [Br-].[Br-].[Br-].[Ti+3][CH]1C(C2c3ccccc3-c3ccccc32)=Cc2ccccc21. The first-order valence-corrected chi connectivity index (χ1v) is 8.94. The molecular weight excluding hydrogens is 552 g/mol. The van der Waals surface area contributed by atoms with Gasteiger partial charge in [0.2, 0.25) is 0 Å². The van der Waals surface area contributed by atoms with Crippen LogP contribution < -0.4 is 50.9 Å². The van der Waals surface area contributed by atoms with Gasteiger partial charge in [-0.2, -0.15) is 0 Å². The molecule has 0 bridgehead atoms. The molecule has 0 amide bonds. The first-order valence-electron chi connectivity index (χ1n) is 8.04. The fourth-order valence-electron chi connectivity index (χ4n) is 4.11. The first-order chi connectivity index (χ1) is 11.3. The normalized spacial score (nSPS) is 16.2. The van der Waals surface area contributed by atoms with Crippen molar-refractivity contribution in [2.75, 3.05) is 0 Å². The van der Waals surface area contributed by atoms with Crippen molar-refractivity contribution in [1.82, 2.24) is 0 Å². The summed E-state index contributed by atoms with van der Waals surface area (Å²) in [6.45, 7) is 0. The molecule has 2 aliphatic carbocycles. The van der Waals surface area contributed by atoms with Gasteiger partial charge in [-0.15, -0.1) is 0 Å². The predicted octanol–water partition coefficient (Wildman–Crippen LogP) is -3.50. The van der Waals surface area contributed by atoms with Crippen LogP contribution in [0.1, 0.15) is 32.4 Å². The third-order valence-corrected chi connectivity index (χ3v) is 6.14. The molecule has 0 saturated heterocycles. The Kier molecular flexibility index (Phi) is 7.32. The van der Waals surface area contributed by atoms with E-state index in [1.165, 1.54) is 39.0 Å². The van der Waals surface area contributed by atoms with Crippen LogP contribution in [0.25, 0.3) is 17.2 Å². The molecule has 0 aromatic heterocycles. The average Bonchev–Trinajstić information content (AvgIpc) is 3.11. The van der Waals surface area contributed by atoms with Crippen LogP contribution in [-0.2, 0) is 20.4 Å². The quantitative estimate of drug-likeness (QED) is 0.268. The van der Waals surface area contributed by atoms with Gasteiger partial charge in [-0.3, -0.25) is 0 Å². The maximum atomic E-state index is 2.42. The third kappa shape index (κ3) is 3.27. The van der Waals surface area contributed by atoms with Gasteiger partial charge in [0.05, 0.1) is 0 Å². The fraction of sp³-hybridized carbons (Fsp3) is 0.0909. The van der Waals surface area contributed by atoms with E-state index < -0.39 is 0 Å². The summed E-state index contributed by atoms with van der Waals surface area (Å²) < 4.78 is 0.482. The summed E-state index contributed by atoms with van der Waals surface area (Å²) in [5, 5.41) is 0. The second kappa shape index (κ2) is 8.71. The molecule has 1 atom stereocenters. The second-order valence-corrected chi connectivity index (χ2v) is 7.22. The van der Waals surface area contributed by atoms with Gasteiger partial charge < -0.3 is 50.9 Å². The van der Waals surface area contributed by atoms with Crippen molar-refractivity contribution in [2.24, 2.45) is 0 Å². The Morgan fingerprint density at radius 2 is 1.04 bits per heavy atom. The molecular formula is C22H15Br3Ti. The number of rotatable bonds is 1. The molecule has 3 aromatic carbocycles. The third-order valence-electron chi connectivity index (χ3n) is 5.13. The van der Waals surface area contributed by atoms with Crippen molar-refractivity contribution in [3.05, 3.63) is 101 Å². The molecule has 0 nitrogen and oxygen atoms in total. The Hall–Kier alpha value is -0.446. The second-order valence-electron chi connectivity index (χ2n) is 6.31. The number of hydrogen-bond acceptors (Lipinski definition) is 0. The van der Waals surface area contributed by atoms with Gasteiger partial charge >= 0.3 is 148 Å². The van der Waals surface area contributed by atoms with E-state index in [-0.39, 0.29) is 50.9 Å². The van der Waals surface area contributed by atoms with E-state index >= 15 is 0 Å². The molecule has 0 aliphatic heterocycles. The van der Waals surface area contributed by atoms with Gasteiger partial charge in [0.1, 0.15) is 0 Å². The summed E-state index contributed by atoms with van der Waals surface area (Å²) in [5.41, 5.74) is 10.1. The van der Waals surface area contributed by atoms with Crippen molar-refractivity contribution in [1.29, 1.82) is 0 Å². The van der Waals surface area contributed by atoms with Crippen LogP contribution in [0.4, 0.5) is 0 Å². The molecule has 128 valence electrons. The fourth-order valence-corrected chi connectivity index (χ4v) is 4.91. The molecule has 1 unspecified atom stereocenters. The van der Waals surface area contributed by atoms with Crippen LogP contribution in [-0.4, -0.2) is 0 Å². The van der Waals surface area contributed by atoms with E-state index in [2.05, 4.69) is 99.3 Å². The molecule has 3 aromatic rings. The van der Waals surface area contributed by atoms with Gasteiger partial charge in [-0.1, -0.05) is 0 Å². The minimum atomic E-state index is 0. The zero-order valence-corrected chi connectivity index (χ0v) is 20.1. The van der Waals surface area contributed by atoms with Crippen LogP contribution in [0.3, 0.4) is 0 Å². The van der Waals surface area contributed by atoms with Gasteiger partial charge in [-0.05, 0) is 0 Å². The van der Waals surface area contributed by atoms with Crippen LogP contribution in [0.2, 0.25) is 0 Å². The monoisotopic (exact) mass is 564 g/mol. The van der Waals surface area contributed by atoms with Gasteiger partial charge in [0.15, 0.2) is 0 Å². The Labute approximate surface area is 197 Å². The zero-order valence-electron chi connectivity index (χ0n) is 13.8. The molecule has 26 heavy (non-hydrogen) atoms. The Bertz CT molecular complexity index is 919. The standard InChI is InChI=1S/C22H15.3BrH.Ti/c1-2-8-16-14-17(13-15(16)7-1)22-20-11-5-3-9-18(20)19-10-4-6-12-21(19)22;;;;/h1-14,22H;3*1H;/q;;;;+3/p-3. The topological polar surface area (TPSA) is 0 Å². The molecule has 0 radical (unpaired) electrons. The summed E-state index contributed by atoms with van der Waals surface area (Å²) >= 11 is 2.35. The predicted molar refractivity (Wildman–Crippen MR) is 90.9 cm³/mol.